The van der Waals surface area contributed by atoms with Crippen molar-refractivity contribution in [2.75, 3.05) is 11.9 Å². The summed E-state index contributed by atoms with van der Waals surface area (Å²) in [6.45, 7) is 6.74. The van der Waals surface area contributed by atoms with Crippen LogP contribution in [0.5, 0.6) is 0 Å². The van der Waals surface area contributed by atoms with Crippen LogP contribution in [0.25, 0.3) is 0 Å². The quantitative estimate of drug-likeness (QED) is 0.329. The molecule has 3 fully saturated rings. The number of halogens is 2. The lowest BCUT2D eigenvalue weighted by Crippen LogP contribution is -2.44. The molecule has 1 saturated carbocycles. The molecule has 212 valence electrons. The van der Waals surface area contributed by atoms with E-state index in [9.17, 15) is 23.5 Å². The number of amides is 1. The van der Waals surface area contributed by atoms with E-state index in [1.165, 1.54) is 0 Å². The van der Waals surface area contributed by atoms with E-state index >= 15 is 0 Å². The Morgan fingerprint density at radius 1 is 1.45 bits per heavy atom. The van der Waals surface area contributed by atoms with Crippen LogP contribution in [0.1, 0.15) is 58.6 Å². The molecule has 2 unspecified atom stereocenters. The van der Waals surface area contributed by atoms with Crippen molar-refractivity contribution in [1.82, 2.24) is 9.55 Å². The molecule has 7 atom stereocenters. The lowest BCUT2D eigenvalue weighted by molar-refractivity contribution is -0.361. The normalized spacial score (nSPS) is 35.2. The minimum absolute atomic E-state index is 0.0181. The Bertz CT molecular complexity index is 1090. The number of hydrogen-bond donors (Lipinski definition) is 3. The molecule has 12 nitrogen and oxygen atoms in total. The number of carbonyl (C=O) groups excluding carboxylic acids is 1. The number of hydrogen-bond acceptors (Lipinski definition) is 10. The summed E-state index contributed by atoms with van der Waals surface area (Å²) in [6.07, 6.45) is -1.40. The van der Waals surface area contributed by atoms with Gasteiger partial charge in [0.05, 0.1) is 6.61 Å². The Morgan fingerprint density at radius 2 is 2.21 bits per heavy atom. The highest BCUT2D eigenvalue weighted by atomic mass is 19.3. The highest BCUT2D eigenvalue weighted by Gasteiger charge is 2.59. The lowest BCUT2D eigenvalue weighted by atomic mass is 9.89. The summed E-state index contributed by atoms with van der Waals surface area (Å²) in [5.41, 5.74) is -1.16. The molecule has 1 spiro atoms. The van der Waals surface area contributed by atoms with Gasteiger partial charge in [0.2, 0.25) is 17.8 Å². The number of alkyl halides is 2. The molecule has 38 heavy (non-hydrogen) atoms. The predicted octanol–water partition coefficient (Wildman–Crippen LogP) is 2.61. The van der Waals surface area contributed by atoms with Gasteiger partial charge in [0, 0.05) is 25.0 Å². The molecule has 0 radical (unpaired) electrons. The number of aliphatic hydroxyl groups is 2. The minimum Gasteiger partial charge on any atom is -0.446 e. The van der Waals surface area contributed by atoms with Crippen molar-refractivity contribution in [3.05, 3.63) is 35.4 Å². The van der Waals surface area contributed by atoms with Crippen LogP contribution >= 0.6 is 0 Å². The van der Waals surface area contributed by atoms with Crippen LogP contribution in [0.3, 0.4) is 0 Å². The Morgan fingerprint density at radius 3 is 2.84 bits per heavy atom. The zero-order valence-corrected chi connectivity index (χ0v) is 21.2. The highest BCUT2D eigenvalue weighted by Crippen LogP contribution is 2.47. The van der Waals surface area contributed by atoms with Crippen LogP contribution in [0, 0.1) is 5.92 Å². The Balaban J connectivity index is 1.37. The number of aromatic nitrogens is 2. The number of carbonyl (C=O) groups is 1. The molecule has 1 aromatic rings. The molecule has 4 rings (SSSR count). The van der Waals surface area contributed by atoms with Gasteiger partial charge in [-0.15, -0.1) is 6.58 Å². The third kappa shape index (κ3) is 5.46. The first kappa shape index (κ1) is 28.5. The van der Waals surface area contributed by atoms with E-state index in [4.69, 9.17) is 29.1 Å². The smallest absolute Gasteiger partial charge is 0.413 e. The number of rotatable bonds is 8. The first-order valence-corrected chi connectivity index (χ1v) is 12.5. The molecular weight excluding hydrogens is 512 g/mol. The fraction of sp³-hybridized carbons (Fsp3) is 0.708. The number of nitrogens with one attached hydrogen (secondary N) is 1. The first-order valence-electron chi connectivity index (χ1n) is 12.5. The molecule has 2 aliphatic heterocycles. The van der Waals surface area contributed by atoms with Gasteiger partial charge in [0.1, 0.15) is 18.0 Å². The number of ether oxygens (including phenoxy) is 3. The van der Waals surface area contributed by atoms with Gasteiger partial charge < -0.3 is 24.4 Å². The molecule has 1 aromatic heterocycles. The SMILES string of the molecule is C=CCC(CC)[C@@]1(C)OO[C@@]2(CCCC(OC(=O)Nc3ccn([C@@H]4O[C@H](CO)[C@@H](O)C4(F)F)c(=O)n3)C2)O1. The van der Waals surface area contributed by atoms with E-state index in [1.54, 1.807) is 6.08 Å². The molecule has 1 amide bonds. The van der Waals surface area contributed by atoms with Crippen LogP contribution in [0.15, 0.2) is 29.7 Å². The van der Waals surface area contributed by atoms with Gasteiger partial charge in [-0.1, -0.05) is 13.0 Å². The maximum atomic E-state index is 14.4. The van der Waals surface area contributed by atoms with Crippen molar-refractivity contribution in [1.29, 1.82) is 0 Å². The maximum Gasteiger partial charge on any atom is 0.413 e. The molecule has 0 aromatic carbocycles. The summed E-state index contributed by atoms with van der Waals surface area (Å²) in [4.78, 5) is 39.8. The minimum atomic E-state index is -3.85. The first-order chi connectivity index (χ1) is 18.0. The molecule has 3 N–H and O–H groups in total. The number of allylic oxidation sites excluding steroid dienone is 1. The van der Waals surface area contributed by atoms with E-state index in [0.29, 0.717) is 30.3 Å². The van der Waals surface area contributed by atoms with Gasteiger partial charge in [-0.05, 0) is 38.7 Å². The number of anilines is 1. The Labute approximate surface area is 217 Å². The van der Waals surface area contributed by atoms with Crippen molar-refractivity contribution in [3.8, 4) is 0 Å². The van der Waals surface area contributed by atoms with Crippen LogP contribution < -0.4 is 11.0 Å². The summed E-state index contributed by atoms with van der Waals surface area (Å²) in [7, 11) is 0. The lowest BCUT2D eigenvalue weighted by Gasteiger charge is -2.36. The van der Waals surface area contributed by atoms with Gasteiger partial charge in [0.25, 0.3) is 0 Å². The molecule has 2 saturated heterocycles. The van der Waals surface area contributed by atoms with E-state index in [2.05, 4.69) is 16.9 Å². The fourth-order valence-electron chi connectivity index (χ4n) is 5.15. The second-order valence-corrected chi connectivity index (χ2v) is 9.91. The van der Waals surface area contributed by atoms with Gasteiger partial charge in [-0.3, -0.25) is 9.88 Å². The summed E-state index contributed by atoms with van der Waals surface area (Å²) in [5.74, 6) is -6.12. The van der Waals surface area contributed by atoms with Gasteiger partial charge in [-0.25, -0.2) is 9.59 Å². The molecule has 3 heterocycles. The van der Waals surface area contributed by atoms with Gasteiger partial charge in [-0.2, -0.15) is 23.5 Å². The molecule has 3 aliphatic rings. The second kappa shape index (κ2) is 10.9. The average Bonchev–Trinajstić information content (AvgIpc) is 3.30. The van der Waals surface area contributed by atoms with Crippen molar-refractivity contribution in [3.63, 3.8) is 0 Å². The average molecular weight is 546 g/mol. The number of aliphatic hydroxyl groups excluding tert-OH is 2. The van der Waals surface area contributed by atoms with Crippen LogP contribution in [0.2, 0.25) is 0 Å². The molecule has 0 bridgehead atoms. The molecule has 14 heteroatoms. The zero-order chi connectivity index (χ0) is 27.7. The second-order valence-electron chi connectivity index (χ2n) is 9.91. The monoisotopic (exact) mass is 545 g/mol. The van der Waals surface area contributed by atoms with Crippen molar-refractivity contribution in [2.45, 2.75) is 94.4 Å². The van der Waals surface area contributed by atoms with E-state index in [0.717, 1.165) is 18.7 Å². The summed E-state index contributed by atoms with van der Waals surface area (Å²) >= 11 is 0. The standard InChI is InChI=1S/C24H33F2N3O9/c1-4-7-14(5-2)22(3)36-23(38-37-22)10-6-8-15(12-23)34-21(33)28-17-9-11-29(20(32)27-17)19-24(25,26)18(31)16(13-30)35-19/h4,9,11,14-16,18-19,30-31H,1,5-8,10,12-13H2,2-3H3,(H,27,28,32,33)/t14?,15?,16-,18-,19-,22-,23-/m1/s1. The van der Waals surface area contributed by atoms with Gasteiger partial charge >= 0.3 is 17.7 Å². The summed E-state index contributed by atoms with van der Waals surface area (Å²) < 4.78 is 45.9. The topological polar surface area (TPSA) is 151 Å². The largest absolute Gasteiger partial charge is 0.446 e. The Kier molecular flexibility index (Phi) is 8.21. The summed E-state index contributed by atoms with van der Waals surface area (Å²) in [5, 5.41) is 21.1. The molecular formula is C24H33F2N3O9. The maximum absolute atomic E-state index is 14.4. The van der Waals surface area contributed by atoms with Crippen LogP contribution in [0.4, 0.5) is 19.4 Å². The van der Waals surface area contributed by atoms with Crippen LogP contribution in [-0.2, 0) is 24.0 Å². The van der Waals surface area contributed by atoms with Crippen molar-refractivity contribution >= 4 is 11.9 Å². The number of nitrogens with zero attached hydrogens (tertiary/aromatic N) is 2. The fourth-order valence-corrected chi connectivity index (χ4v) is 5.15. The highest BCUT2D eigenvalue weighted by molar-refractivity contribution is 5.83. The summed E-state index contributed by atoms with van der Waals surface area (Å²) in [6, 6.07) is 1.11. The molecule has 1 aliphatic carbocycles. The zero-order valence-electron chi connectivity index (χ0n) is 21.2. The predicted molar refractivity (Wildman–Crippen MR) is 126 cm³/mol. The Hall–Kier alpha value is -2.49. The van der Waals surface area contributed by atoms with E-state index in [-0.39, 0.29) is 18.2 Å². The third-order valence-corrected chi connectivity index (χ3v) is 7.20. The van der Waals surface area contributed by atoms with Gasteiger partial charge in [0.15, 0.2) is 6.10 Å². The van der Waals surface area contributed by atoms with Crippen LogP contribution in [-0.4, -0.2) is 68.3 Å². The third-order valence-electron chi connectivity index (χ3n) is 7.20. The van der Waals surface area contributed by atoms with E-state index in [1.807, 2.05) is 13.8 Å². The van der Waals surface area contributed by atoms with Crippen molar-refractivity contribution < 1.29 is 47.8 Å². The van der Waals surface area contributed by atoms with Crippen molar-refractivity contribution in [2.24, 2.45) is 5.92 Å². The van der Waals surface area contributed by atoms with E-state index < -0.39 is 60.4 Å².